The van der Waals surface area contributed by atoms with Gasteiger partial charge in [0.2, 0.25) is 0 Å². The van der Waals surface area contributed by atoms with Crippen molar-refractivity contribution in [2.45, 2.75) is 51.4 Å². The third-order valence-corrected chi connectivity index (χ3v) is 2.63. The second kappa shape index (κ2) is 12.6. The molecule has 1 rings (SSSR count). The van der Waals surface area contributed by atoms with Crippen LogP contribution in [-0.4, -0.2) is 47.3 Å². The van der Waals surface area contributed by atoms with Crippen molar-refractivity contribution < 1.29 is 38.9 Å². The summed E-state index contributed by atoms with van der Waals surface area (Å²) in [5.74, 6) is -2.46. The van der Waals surface area contributed by atoms with Gasteiger partial charge in [-0.1, -0.05) is 0 Å². The highest BCUT2D eigenvalue weighted by Gasteiger charge is 2.07. The largest absolute Gasteiger partial charge is 0.481 e. The minimum Gasteiger partial charge on any atom is -0.481 e. The minimum absolute atomic E-state index is 0.154. The van der Waals surface area contributed by atoms with Crippen LogP contribution in [0, 0.1) is 0 Å². The highest BCUT2D eigenvalue weighted by Crippen LogP contribution is 2.05. The Morgan fingerprint density at radius 2 is 1.14 bits per heavy atom. The van der Waals surface area contributed by atoms with Crippen LogP contribution in [-0.2, 0) is 28.7 Å². The fraction of sp³-hybridized carbons (Fsp3) is 0.714. The van der Waals surface area contributed by atoms with Crippen LogP contribution >= 0.6 is 0 Å². The Bertz CT molecular complexity index is 341. The summed E-state index contributed by atoms with van der Waals surface area (Å²) in [6.07, 6.45) is 3.16. The molecule has 0 unspecified atom stereocenters. The number of hydrogen-bond donors (Lipinski definition) is 2. The van der Waals surface area contributed by atoms with Crippen LogP contribution in [0.3, 0.4) is 0 Å². The standard InChI is InChI=1S/C10H16O4.C4H6O4/c11-9-5-1-2-6-10(12)14-8-4-3-7-13-9;5-3(6)1-2-4(7)8/h1-8H2;1-2H2,(H,5,6)(H,7,8). The van der Waals surface area contributed by atoms with Gasteiger partial charge in [0.1, 0.15) is 0 Å². The Morgan fingerprint density at radius 3 is 1.45 bits per heavy atom. The van der Waals surface area contributed by atoms with Crippen molar-refractivity contribution in [3.63, 3.8) is 0 Å². The number of rotatable bonds is 3. The predicted molar refractivity (Wildman–Crippen MR) is 74.1 cm³/mol. The molecule has 126 valence electrons. The number of hydrogen-bond acceptors (Lipinski definition) is 6. The molecule has 0 radical (unpaired) electrons. The molecule has 8 nitrogen and oxygen atoms in total. The lowest BCUT2D eigenvalue weighted by molar-refractivity contribution is -0.147. The molecule has 0 saturated carbocycles. The van der Waals surface area contributed by atoms with Crippen LogP contribution in [0.25, 0.3) is 0 Å². The Kier molecular flexibility index (Phi) is 11.4. The molecule has 22 heavy (non-hydrogen) atoms. The molecule has 0 aliphatic carbocycles. The molecule has 0 aromatic carbocycles. The SMILES string of the molecule is O=C(O)CCC(=O)O.O=C1CCCCC(=O)OCCCCO1. The molecule has 8 heteroatoms. The highest BCUT2D eigenvalue weighted by atomic mass is 16.5. The Balaban J connectivity index is 0.000000472. The van der Waals surface area contributed by atoms with E-state index in [4.69, 9.17) is 19.7 Å². The molecule has 1 saturated heterocycles. The summed E-state index contributed by atoms with van der Waals surface area (Å²) in [6, 6.07) is 0. The van der Waals surface area contributed by atoms with Gasteiger partial charge in [-0.25, -0.2) is 0 Å². The Labute approximate surface area is 128 Å². The summed E-state index contributed by atoms with van der Waals surface area (Å²) >= 11 is 0. The highest BCUT2D eigenvalue weighted by molar-refractivity contribution is 5.75. The first kappa shape index (κ1) is 19.9. The van der Waals surface area contributed by atoms with E-state index in [0.717, 1.165) is 12.8 Å². The maximum Gasteiger partial charge on any atom is 0.305 e. The predicted octanol–water partition coefficient (Wildman–Crippen LogP) is 1.36. The summed E-state index contributed by atoms with van der Waals surface area (Å²) < 4.78 is 9.92. The van der Waals surface area contributed by atoms with Crippen LogP contribution in [0.1, 0.15) is 51.4 Å². The van der Waals surface area contributed by atoms with Crippen molar-refractivity contribution in [3.8, 4) is 0 Å². The summed E-state index contributed by atoms with van der Waals surface area (Å²) in [6.45, 7) is 0.882. The molecular formula is C14H22O8. The van der Waals surface area contributed by atoms with Gasteiger partial charge in [0.15, 0.2) is 0 Å². The van der Waals surface area contributed by atoms with Crippen LogP contribution < -0.4 is 0 Å². The van der Waals surface area contributed by atoms with Gasteiger partial charge in [0.25, 0.3) is 0 Å². The summed E-state index contributed by atoms with van der Waals surface area (Å²) in [7, 11) is 0. The average Bonchev–Trinajstić information content (AvgIpc) is 2.44. The number of carbonyl (C=O) groups excluding carboxylic acids is 2. The first-order valence-electron chi connectivity index (χ1n) is 7.16. The van der Waals surface area contributed by atoms with Crippen molar-refractivity contribution in [1.82, 2.24) is 0 Å². The maximum absolute atomic E-state index is 11.0. The van der Waals surface area contributed by atoms with E-state index in [0.29, 0.717) is 38.9 Å². The molecule has 2 N–H and O–H groups in total. The minimum atomic E-state index is -1.08. The smallest absolute Gasteiger partial charge is 0.305 e. The van der Waals surface area contributed by atoms with E-state index in [1.165, 1.54) is 0 Å². The normalized spacial score (nSPS) is 16.7. The van der Waals surface area contributed by atoms with E-state index in [2.05, 4.69) is 0 Å². The van der Waals surface area contributed by atoms with Gasteiger partial charge in [-0.15, -0.1) is 0 Å². The molecule has 0 aromatic heterocycles. The van der Waals surface area contributed by atoms with E-state index in [-0.39, 0.29) is 24.8 Å². The van der Waals surface area contributed by atoms with Gasteiger partial charge < -0.3 is 19.7 Å². The van der Waals surface area contributed by atoms with Crippen LogP contribution in [0.15, 0.2) is 0 Å². The lowest BCUT2D eigenvalue weighted by Gasteiger charge is -2.08. The molecule has 1 fully saturated rings. The fourth-order valence-corrected chi connectivity index (χ4v) is 1.47. The molecule has 0 bridgehead atoms. The first-order chi connectivity index (χ1) is 10.4. The van der Waals surface area contributed by atoms with Crippen molar-refractivity contribution in [2.75, 3.05) is 13.2 Å². The zero-order valence-electron chi connectivity index (χ0n) is 12.4. The van der Waals surface area contributed by atoms with E-state index in [1.54, 1.807) is 0 Å². The third kappa shape index (κ3) is 14.3. The molecule has 1 aliphatic heterocycles. The molecule has 1 heterocycles. The topological polar surface area (TPSA) is 127 Å². The van der Waals surface area contributed by atoms with Crippen LogP contribution in [0.5, 0.6) is 0 Å². The number of esters is 2. The zero-order chi connectivity index (χ0) is 16.8. The lowest BCUT2D eigenvalue weighted by atomic mass is 10.2. The van der Waals surface area contributed by atoms with Crippen molar-refractivity contribution in [2.24, 2.45) is 0 Å². The molecule has 0 aromatic rings. The number of carboxylic acid groups (broad SMARTS) is 2. The lowest BCUT2D eigenvalue weighted by Crippen LogP contribution is -2.11. The van der Waals surface area contributed by atoms with Gasteiger partial charge in [-0.2, -0.15) is 0 Å². The third-order valence-electron chi connectivity index (χ3n) is 2.63. The Morgan fingerprint density at radius 1 is 0.773 bits per heavy atom. The van der Waals surface area contributed by atoms with Gasteiger partial charge in [-0.05, 0) is 25.7 Å². The van der Waals surface area contributed by atoms with Gasteiger partial charge >= 0.3 is 23.9 Å². The molecule has 0 amide bonds. The molecule has 0 spiro atoms. The summed E-state index contributed by atoms with van der Waals surface area (Å²) in [5.41, 5.74) is 0. The molecular weight excluding hydrogens is 296 g/mol. The maximum atomic E-state index is 11.0. The second-order valence-corrected chi connectivity index (χ2v) is 4.64. The average molecular weight is 318 g/mol. The van der Waals surface area contributed by atoms with Gasteiger partial charge in [-0.3, -0.25) is 19.2 Å². The first-order valence-corrected chi connectivity index (χ1v) is 7.16. The fourth-order valence-electron chi connectivity index (χ4n) is 1.47. The number of carbonyl (C=O) groups is 4. The monoisotopic (exact) mass is 318 g/mol. The molecule has 0 atom stereocenters. The van der Waals surface area contributed by atoms with E-state index < -0.39 is 11.9 Å². The summed E-state index contributed by atoms with van der Waals surface area (Å²) in [5, 5.41) is 15.8. The number of cyclic esters (lactones) is 2. The number of aliphatic carboxylic acids is 2. The Hall–Kier alpha value is -2.12. The second-order valence-electron chi connectivity index (χ2n) is 4.64. The van der Waals surface area contributed by atoms with E-state index in [1.807, 2.05) is 0 Å². The van der Waals surface area contributed by atoms with Crippen molar-refractivity contribution >= 4 is 23.9 Å². The van der Waals surface area contributed by atoms with Crippen LogP contribution in [0.2, 0.25) is 0 Å². The van der Waals surface area contributed by atoms with Gasteiger partial charge in [0, 0.05) is 12.8 Å². The number of ether oxygens (including phenoxy) is 2. The van der Waals surface area contributed by atoms with Gasteiger partial charge in [0.05, 0.1) is 26.1 Å². The van der Waals surface area contributed by atoms with E-state index in [9.17, 15) is 19.2 Å². The van der Waals surface area contributed by atoms with E-state index >= 15 is 0 Å². The van der Waals surface area contributed by atoms with Crippen molar-refractivity contribution in [3.05, 3.63) is 0 Å². The summed E-state index contributed by atoms with van der Waals surface area (Å²) in [4.78, 5) is 41.4. The van der Waals surface area contributed by atoms with Crippen LogP contribution in [0.4, 0.5) is 0 Å². The quantitative estimate of drug-likeness (QED) is 0.747. The zero-order valence-corrected chi connectivity index (χ0v) is 12.4. The number of carboxylic acids is 2. The molecule has 1 aliphatic rings. The van der Waals surface area contributed by atoms with Crippen molar-refractivity contribution in [1.29, 1.82) is 0 Å².